The molecule has 0 saturated heterocycles. The highest BCUT2D eigenvalue weighted by Gasteiger charge is 2.28. The molecule has 0 rings (SSSR count). The van der Waals surface area contributed by atoms with Gasteiger partial charge < -0.3 is 39.5 Å². The van der Waals surface area contributed by atoms with Crippen molar-refractivity contribution in [3.63, 3.8) is 0 Å². The van der Waals surface area contributed by atoms with Crippen LogP contribution in [0.1, 0.15) is 129 Å². The third-order valence-electron chi connectivity index (χ3n) is 8.83. The smallest absolute Gasteiger partial charge is 0.462 e. The first-order valence-corrected chi connectivity index (χ1v) is 25.8. The highest BCUT2D eigenvalue weighted by atomic mass is 31.2. The molecule has 65 heavy (non-hydrogen) atoms. The van der Waals surface area contributed by atoms with Crippen LogP contribution in [0.2, 0.25) is 0 Å². The van der Waals surface area contributed by atoms with Crippen LogP contribution in [0, 0.1) is 0 Å². The van der Waals surface area contributed by atoms with Crippen molar-refractivity contribution in [1.82, 2.24) is 0 Å². The zero-order chi connectivity index (χ0) is 48.3. The van der Waals surface area contributed by atoms with E-state index in [2.05, 4.69) is 89.7 Å². The Balaban J connectivity index is 4.82. The van der Waals surface area contributed by atoms with E-state index in [-0.39, 0.29) is 25.7 Å². The summed E-state index contributed by atoms with van der Waals surface area (Å²) >= 11 is 0. The molecule has 1 unspecified atom stereocenters. The van der Waals surface area contributed by atoms with Crippen LogP contribution in [0.3, 0.4) is 0 Å². The quantitative estimate of drug-likeness (QED) is 0.0110. The predicted octanol–water partition coefficient (Wildman–Crippen LogP) is 9.83. The van der Waals surface area contributed by atoms with Crippen molar-refractivity contribution in [2.75, 3.05) is 26.4 Å². The monoisotopic (exact) mass is 956 g/mol. The first-order valence-electron chi connectivity index (χ1n) is 22.8. The van der Waals surface area contributed by atoms with Gasteiger partial charge in [0.15, 0.2) is 6.10 Å². The van der Waals surface area contributed by atoms with Crippen LogP contribution in [0.25, 0.3) is 0 Å². The van der Waals surface area contributed by atoms with E-state index in [0.717, 1.165) is 64.2 Å². The number of allylic oxidation sites excluding steroid dienone is 15. The molecule has 0 aromatic rings. The van der Waals surface area contributed by atoms with E-state index in [1.165, 1.54) is 12.8 Å². The number of aliphatic hydroxyl groups excluding tert-OH is 3. The van der Waals surface area contributed by atoms with E-state index in [0.29, 0.717) is 12.8 Å². The number of unbranched alkanes of at least 4 members (excludes halogenated alkanes) is 6. The number of hydrogen-bond acceptors (Lipinski definition) is 12. The van der Waals surface area contributed by atoms with Gasteiger partial charge in [-0.2, -0.15) is 0 Å². The fourth-order valence-corrected chi connectivity index (χ4v) is 6.49. The van der Waals surface area contributed by atoms with Gasteiger partial charge in [-0.25, -0.2) is 9.13 Å². The molecule has 0 heterocycles. The Morgan fingerprint density at radius 3 is 1.66 bits per heavy atom. The SMILES string of the molecule is CC/C=C\C/C=C\C/C=C\C/C=C\C/C=C\CCCCCC(=O)OC[C@H](COP(=O)(O)OC[C@@H](O)COP(=O)(O)O)OC(=O)CCC[C@@H](O)\C=C/C=C/C=C/[C@@H](O)C/C=C\CCCCC. The zero-order valence-corrected chi connectivity index (χ0v) is 40.3. The van der Waals surface area contributed by atoms with Gasteiger partial charge in [0, 0.05) is 12.8 Å². The summed E-state index contributed by atoms with van der Waals surface area (Å²) in [5.74, 6) is -1.32. The lowest BCUT2D eigenvalue weighted by molar-refractivity contribution is -0.161. The van der Waals surface area contributed by atoms with E-state index < -0.39 is 78.4 Å². The lowest BCUT2D eigenvalue weighted by Crippen LogP contribution is -2.30. The Labute approximate surface area is 387 Å². The van der Waals surface area contributed by atoms with Gasteiger partial charge in [0.25, 0.3) is 0 Å². The summed E-state index contributed by atoms with van der Waals surface area (Å²) in [5.41, 5.74) is 0. The molecule has 0 bridgehead atoms. The molecule has 15 nitrogen and oxygen atoms in total. The van der Waals surface area contributed by atoms with E-state index in [9.17, 15) is 38.9 Å². The van der Waals surface area contributed by atoms with Crippen LogP contribution in [0.4, 0.5) is 0 Å². The second kappa shape index (κ2) is 42.1. The van der Waals surface area contributed by atoms with E-state index in [4.69, 9.17) is 23.8 Å². The van der Waals surface area contributed by atoms with Gasteiger partial charge in [0.1, 0.15) is 12.7 Å². The molecule has 0 aromatic heterocycles. The van der Waals surface area contributed by atoms with Crippen molar-refractivity contribution in [3.8, 4) is 0 Å². The van der Waals surface area contributed by atoms with Crippen molar-refractivity contribution in [1.29, 1.82) is 0 Å². The first kappa shape index (κ1) is 61.7. The molecule has 6 N–H and O–H groups in total. The van der Waals surface area contributed by atoms with Crippen LogP contribution in [-0.2, 0) is 41.8 Å². The van der Waals surface area contributed by atoms with Gasteiger partial charge >= 0.3 is 27.6 Å². The molecule has 370 valence electrons. The highest BCUT2D eigenvalue weighted by Crippen LogP contribution is 2.43. The largest absolute Gasteiger partial charge is 0.472 e. The summed E-state index contributed by atoms with van der Waals surface area (Å²) in [4.78, 5) is 52.8. The molecule has 17 heteroatoms. The molecule has 0 amide bonds. The Kier molecular flexibility index (Phi) is 39.9. The third kappa shape index (κ3) is 45.6. The second-order valence-corrected chi connectivity index (χ2v) is 17.7. The molecule has 0 radical (unpaired) electrons. The number of hydrogen-bond donors (Lipinski definition) is 6. The number of phosphoric ester groups is 2. The summed E-state index contributed by atoms with van der Waals surface area (Å²) in [7, 11) is -9.80. The molecule has 0 aliphatic heterocycles. The van der Waals surface area contributed by atoms with Gasteiger partial charge in [-0.3, -0.25) is 23.2 Å². The molecular weight excluding hydrogens is 878 g/mol. The minimum absolute atomic E-state index is 0.0963. The molecular formula is C48H78O15P2. The fraction of sp³-hybridized carbons (Fsp3) is 0.583. The normalized spacial score (nSPS) is 15.9. The van der Waals surface area contributed by atoms with Gasteiger partial charge in [-0.1, -0.05) is 142 Å². The molecule has 5 atom stereocenters. The Morgan fingerprint density at radius 1 is 0.538 bits per heavy atom. The highest BCUT2D eigenvalue weighted by molar-refractivity contribution is 7.47. The summed E-state index contributed by atoms with van der Waals surface area (Å²) in [6, 6.07) is 0. The Morgan fingerprint density at radius 2 is 1.06 bits per heavy atom. The second-order valence-electron chi connectivity index (χ2n) is 15.0. The molecule has 0 saturated carbocycles. The number of carbonyl (C=O) groups excluding carboxylic acids is 2. The van der Waals surface area contributed by atoms with Gasteiger partial charge in [-0.15, -0.1) is 0 Å². The van der Waals surface area contributed by atoms with E-state index in [1.807, 2.05) is 6.08 Å². The van der Waals surface area contributed by atoms with Gasteiger partial charge in [-0.05, 0) is 83.5 Å². The number of rotatable bonds is 41. The lowest BCUT2D eigenvalue weighted by atomic mass is 10.1. The maximum Gasteiger partial charge on any atom is 0.472 e. The van der Waals surface area contributed by atoms with Crippen molar-refractivity contribution in [3.05, 3.63) is 109 Å². The molecule has 0 fully saturated rings. The maximum absolute atomic E-state index is 12.7. The van der Waals surface area contributed by atoms with Crippen molar-refractivity contribution < 1.29 is 71.8 Å². The topological polar surface area (TPSA) is 236 Å². The third-order valence-corrected chi connectivity index (χ3v) is 10.3. The fourth-order valence-electron chi connectivity index (χ4n) is 5.33. The molecule has 0 spiro atoms. The number of phosphoric acid groups is 2. The van der Waals surface area contributed by atoms with E-state index in [1.54, 1.807) is 36.5 Å². The summed E-state index contributed by atoms with van der Waals surface area (Å²) in [5, 5.41) is 30.1. The minimum atomic E-state index is -4.90. The number of esters is 2. The average Bonchev–Trinajstić information content (AvgIpc) is 3.26. The van der Waals surface area contributed by atoms with Gasteiger partial charge in [0.05, 0.1) is 32.0 Å². The van der Waals surface area contributed by atoms with Crippen molar-refractivity contribution in [2.45, 2.75) is 154 Å². The van der Waals surface area contributed by atoms with Crippen molar-refractivity contribution in [2.24, 2.45) is 0 Å². The number of carbonyl (C=O) groups is 2. The van der Waals surface area contributed by atoms with Crippen LogP contribution in [-0.4, -0.2) is 92.8 Å². The Bertz CT molecular complexity index is 1590. The maximum atomic E-state index is 12.7. The number of aliphatic hydroxyl groups is 3. The zero-order valence-electron chi connectivity index (χ0n) is 38.5. The van der Waals surface area contributed by atoms with Crippen molar-refractivity contribution >= 4 is 27.6 Å². The molecule has 0 aliphatic rings. The van der Waals surface area contributed by atoms with Crippen LogP contribution >= 0.6 is 15.6 Å². The standard InChI is InChI=1S/C48H78O15P2/c1-3-5-7-9-11-12-13-14-15-16-17-18-19-20-21-22-23-25-31-37-47(52)59-41-46(42-62-65(57,58)61-40-45(51)39-60-64(54,55)56)63-48(53)38-32-36-44(50)35-30-27-26-29-34-43(49)33-28-24-10-8-6-4-2/h5,7,11-12,14-15,17-18,20-21,24,26-30,34-35,43-46,49-51H,3-4,6,8-10,13,16,19,22-23,25,31-33,36-42H2,1-2H3,(H,57,58)(H2,54,55,56)/b7-5-,12-11-,15-14-,18-17-,21-20-,27-26+,28-24-,34-29+,35-30-/t43-,44-,45-,46+/m0/s1. The van der Waals surface area contributed by atoms with Crippen LogP contribution in [0.15, 0.2) is 109 Å². The summed E-state index contributed by atoms with van der Waals surface area (Å²) in [6.45, 7) is 1.25. The van der Waals surface area contributed by atoms with Crippen LogP contribution in [0.5, 0.6) is 0 Å². The number of ether oxygens (including phenoxy) is 2. The summed E-state index contributed by atoms with van der Waals surface area (Å²) in [6.07, 6.45) is 44.2. The first-order chi connectivity index (χ1) is 31.2. The summed E-state index contributed by atoms with van der Waals surface area (Å²) < 4.78 is 47.6. The van der Waals surface area contributed by atoms with Gasteiger partial charge in [0.2, 0.25) is 0 Å². The predicted molar refractivity (Wildman–Crippen MR) is 255 cm³/mol. The molecule has 0 aliphatic carbocycles. The van der Waals surface area contributed by atoms with Crippen LogP contribution < -0.4 is 0 Å². The average molecular weight is 957 g/mol. The van der Waals surface area contributed by atoms with E-state index >= 15 is 0 Å². The Hall–Kier alpha value is -3.30. The lowest BCUT2D eigenvalue weighted by Gasteiger charge is -2.20. The minimum Gasteiger partial charge on any atom is -0.462 e. The molecule has 0 aromatic carbocycles.